The Balaban J connectivity index is 1.50. The lowest BCUT2D eigenvalue weighted by Crippen LogP contribution is -2.31. The predicted octanol–water partition coefficient (Wildman–Crippen LogP) is 3.58. The minimum atomic E-state index is -0.327. The van der Waals surface area contributed by atoms with E-state index in [0.29, 0.717) is 10.2 Å². The number of aromatic nitrogens is 2. The maximum absolute atomic E-state index is 12.9. The Labute approximate surface area is 164 Å². The molecule has 0 atom stereocenters. The van der Waals surface area contributed by atoms with Crippen molar-refractivity contribution in [3.05, 3.63) is 88.7 Å². The molecule has 1 N–H and O–H groups in total. The van der Waals surface area contributed by atoms with Gasteiger partial charge >= 0.3 is 0 Å². The van der Waals surface area contributed by atoms with Gasteiger partial charge in [0.15, 0.2) is 0 Å². The molecule has 0 bridgehead atoms. The quantitative estimate of drug-likeness (QED) is 0.564. The summed E-state index contributed by atoms with van der Waals surface area (Å²) in [5.41, 5.74) is 2.18. The third kappa shape index (κ3) is 3.84. The maximum Gasteiger partial charge on any atom is 0.271 e. The summed E-state index contributed by atoms with van der Waals surface area (Å²) in [7, 11) is 0. The van der Waals surface area contributed by atoms with Gasteiger partial charge in [-0.1, -0.05) is 42.5 Å². The molecule has 0 aliphatic rings. The lowest BCUT2D eigenvalue weighted by atomic mass is 10.2. The Morgan fingerprint density at radius 2 is 1.86 bits per heavy atom. The maximum atomic E-state index is 12.9. The molecule has 0 aliphatic heterocycles. The number of hydrogen-bond donors (Lipinski definition) is 1. The van der Waals surface area contributed by atoms with Crippen LogP contribution in [-0.2, 0) is 17.9 Å². The fourth-order valence-corrected chi connectivity index (χ4v) is 3.88. The minimum absolute atomic E-state index is 0.123. The van der Waals surface area contributed by atoms with Crippen LogP contribution in [0, 0.1) is 5.82 Å². The second-order valence-corrected chi connectivity index (χ2v) is 7.32. The molecule has 2 aromatic heterocycles. The van der Waals surface area contributed by atoms with E-state index in [1.807, 2.05) is 36.4 Å². The van der Waals surface area contributed by atoms with E-state index in [9.17, 15) is 14.0 Å². The monoisotopic (exact) mass is 393 g/mol. The van der Waals surface area contributed by atoms with Crippen LogP contribution in [0.25, 0.3) is 20.7 Å². The molecule has 4 aromatic rings. The topological polar surface area (TPSA) is 64.0 Å². The first-order valence-electron chi connectivity index (χ1n) is 8.66. The Morgan fingerprint density at radius 1 is 1.11 bits per heavy atom. The summed E-state index contributed by atoms with van der Waals surface area (Å²) < 4.78 is 14.7. The third-order valence-electron chi connectivity index (χ3n) is 4.28. The van der Waals surface area contributed by atoms with E-state index < -0.39 is 0 Å². The normalized spacial score (nSPS) is 10.9. The van der Waals surface area contributed by atoms with E-state index in [1.54, 1.807) is 12.1 Å². The highest BCUT2D eigenvalue weighted by Gasteiger charge is 2.12. The predicted molar refractivity (Wildman–Crippen MR) is 108 cm³/mol. The van der Waals surface area contributed by atoms with Crippen molar-refractivity contribution in [3.8, 4) is 10.4 Å². The van der Waals surface area contributed by atoms with Gasteiger partial charge in [0.1, 0.15) is 17.1 Å². The first kappa shape index (κ1) is 18.1. The molecular formula is C21H16FN3O2S. The van der Waals surface area contributed by atoms with E-state index in [-0.39, 0.29) is 30.4 Å². The molecule has 7 heteroatoms. The van der Waals surface area contributed by atoms with E-state index in [1.165, 1.54) is 34.4 Å². The lowest BCUT2D eigenvalue weighted by molar-refractivity contribution is -0.121. The highest BCUT2D eigenvalue weighted by Crippen LogP contribution is 2.30. The fraction of sp³-hybridized carbons (Fsp3) is 0.0952. The van der Waals surface area contributed by atoms with Crippen molar-refractivity contribution in [2.45, 2.75) is 13.1 Å². The molecule has 0 fully saturated rings. The Hall–Kier alpha value is -3.32. The molecule has 5 nitrogen and oxygen atoms in total. The Kier molecular flexibility index (Phi) is 4.99. The number of fused-ring (bicyclic) bond motifs is 1. The first-order valence-corrected chi connectivity index (χ1v) is 9.47. The van der Waals surface area contributed by atoms with Crippen LogP contribution in [0.5, 0.6) is 0 Å². The highest BCUT2D eigenvalue weighted by atomic mass is 32.1. The molecule has 0 spiro atoms. The molecule has 0 saturated heterocycles. The van der Waals surface area contributed by atoms with Crippen LogP contribution in [-0.4, -0.2) is 15.5 Å². The van der Waals surface area contributed by atoms with Crippen molar-refractivity contribution in [2.75, 3.05) is 0 Å². The summed E-state index contributed by atoms with van der Waals surface area (Å²) in [4.78, 5) is 30.2. The minimum Gasteiger partial charge on any atom is -0.350 e. The molecule has 0 saturated carbocycles. The van der Waals surface area contributed by atoms with Crippen molar-refractivity contribution in [3.63, 3.8) is 0 Å². The second-order valence-electron chi connectivity index (χ2n) is 6.27. The number of nitrogens with one attached hydrogen (secondary N) is 1. The molecule has 28 heavy (non-hydrogen) atoms. The van der Waals surface area contributed by atoms with Gasteiger partial charge in [0.05, 0.1) is 11.8 Å². The summed E-state index contributed by atoms with van der Waals surface area (Å²) in [6.07, 6.45) is 1.39. The van der Waals surface area contributed by atoms with Crippen molar-refractivity contribution >= 4 is 27.5 Å². The van der Waals surface area contributed by atoms with Crippen LogP contribution in [0.15, 0.2) is 71.8 Å². The molecule has 0 aliphatic carbocycles. The van der Waals surface area contributed by atoms with E-state index >= 15 is 0 Å². The van der Waals surface area contributed by atoms with Gasteiger partial charge in [0.25, 0.3) is 5.56 Å². The average Bonchev–Trinajstić information content (AvgIpc) is 3.16. The number of carbonyl (C=O) groups is 1. The molecule has 1 amide bonds. The summed E-state index contributed by atoms with van der Waals surface area (Å²) >= 11 is 1.37. The summed E-state index contributed by atoms with van der Waals surface area (Å²) in [5, 5.41) is 2.73. The smallest absolute Gasteiger partial charge is 0.271 e. The number of hydrogen-bond acceptors (Lipinski definition) is 4. The molecule has 2 aromatic carbocycles. The van der Waals surface area contributed by atoms with Gasteiger partial charge < -0.3 is 5.32 Å². The van der Waals surface area contributed by atoms with Crippen LogP contribution in [0.3, 0.4) is 0 Å². The number of benzene rings is 2. The van der Waals surface area contributed by atoms with Crippen LogP contribution in [0.2, 0.25) is 0 Å². The van der Waals surface area contributed by atoms with Gasteiger partial charge in [0.2, 0.25) is 5.91 Å². The van der Waals surface area contributed by atoms with E-state index in [4.69, 9.17) is 0 Å². The zero-order valence-electron chi connectivity index (χ0n) is 14.8. The van der Waals surface area contributed by atoms with Crippen molar-refractivity contribution in [2.24, 2.45) is 0 Å². The van der Waals surface area contributed by atoms with Gasteiger partial charge in [-0.2, -0.15) is 0 Å². The summed E-state index contributed by atoms with van der Waals surface area (Å²) in [6.45, 7) is 0.141. The van der Waals surface area contributed by atoms with Gasteiger partial charge in [-0.25, -0.2) is 9.37 Å². The molecular weight excluding hydrogens is 377 g/mol. The standard InChI is InChI=1S/C21H16FN3O2S/c22-16-8-6-14(7-9-16)11-23-19(26)12-25-13-24-17-10-18(28-20(17)21(25)27)15-4-2-1-3-5-15/h1-10,13H,11-12H2,(H,23,26). The first-order chi connectivity index (χ1) is 13.6. The number of rotatable bonds is 5. The van der Waals surface area contributed by atoms with Gasteiger partial charge in [-0.3, -0.25) is 14.2 Å². The Bertz CT molecular complexity index is 1180. The van der Waals surface area contributed by atoms with E-state index in [0.717, 1.165) is 16.0 Å². The van der Waals surface area contributed by atoms with Crippen molar-refractivity contribution in [1.82, 2.24) is 14.9 Å². The van der Waals surface area contributed by atoms with Crippen molar-refractivity contribution < 1.29 is 9.18 Å². The average molecular weight is 393 g/mol. The SMILES string of the molecule is O=C(Cn1cnc2cc(-c3ccccc3)sc2c1=O)NCc1ccc(F)cc1. The molecule has 4 rings (SSSR count). The highest BCUT2D eigenvalue weighted by molar-refractivity contribution is 7.22. The molecule has 2 heterocycles. The number of amides is 1. The second kappa shape index (κ2) is 7.74. The Morgan fingerprint density at radius 3 is 2.61 bits per heavy atom. The molecule has 140 valence electrons. The summed E-state index contributed by atoms with van der Waals surface area (Å²) in [5.74, 6) is -0.640. The zero-order chi connectivity index (χ0) is 19.5. The van der Waals surface area contributed by atoms with Crippen LogP contribution in [0.4, 0.5) is 4.39 Å². The number of nitrogens with zero attached hydrogens (tertiary/aromatic N) is 2. The van der Waals surface area contributed by atoms with Crippen LogP contribution >= 0.6 is 11.3 Å². The van der Waals surface area contributed by atoms with Crippen LogP contribution in [0.1, 0.15) is 5.56 Å². The van der Waals surface area contributed by atoms with Gasteiger partial charge in [-0.05, 0) is 29.3 Å². The van der Waals surface area contributed by atoms with Crippen molar-refractivity contribution in [1.29, 1.82) is 0 Å². The fourth-order valence-electron chi connectivity index (χ4n) is 2.82. The number of thiophene rings is 1. The molecule has 0 radical (unpaired) electrons. The third-order valence-corrected chi connectivity index (χ3v) is 5.44. The largest absolute Gasteiger partial charge is 0.350 e. The summed E-state index contributed by atoms with van der Waals surface area (Å²) in [6, 6.07) is 17.5. The number of halogens is 1. The molecule has 0 unspecified atom stereocenters. The van der Waals surface area contributed by atoms with E-state index in [2.05, 4.69) is 10.3 Å². The number of carbonyl (C=O) groups excluding carboxylic acids is 1. The van der Waals surface area contributed by atoms with Gasteiger partial charge in [-0.15, -0.1) is 11.3 Å². The van der Waals surface area contributed by atoms with Crippen LogP contribution < -0.4 is 10.9 Å². The van der Waals surface area contributed by atoms with Gasteiger partial charge in [0, 0.05) is 11.4 Å². The lowest BCUT2D eigenvalue weighted by Gasteiger charge is -2.07. The zero-order valence-corrected chi connectivity index (χ0v) is 15.6.